The van der Waals surface area contributed by atoms with E-state index in [0.29, 0.717) is 13.1 Å². The normalized spacial score (nSPS) is 19.5. The Balaban J connectivity index is 1.67. The molecule has 0 bridgehead atoms. The van der Waals surface area contributed by atoms with Gasteiger partial charge in [-0.05, 0) is 13.0 Å². The summed E-state index contributed by atoms with van der Waals surface area (Å²) in [6, 6.07) is 1.90. The first-order chi connectivity index (χ1) is 13.6. The minimum absolute atomic E-state index is 0.0350. The fourth-order valence-electron chi connectivity index (χ4n) is 3.88. The van der Waals surface area contributed by atoms with Crippen molar-refractivity contribution in [3.63, 3.8) is 0 Å². The quantitative estimate of drug-likeness (QED) is 0.653. The number of methoxy groups -OCH3 is 1. The maximum absolute atomic E-state index is 12.2. The molecule has 28 heavy (non-hydrogen) atoms. The predicted octanol–water partition coefficient (Wildman–Crippen LogP) is 0.315. The maximum Gasteiger partial charge on any atom is 0.246 e. The van der Waals surface area contributed by atoms with E-state index < -0.39 is 0 Å². The van der Waals surface area contributed by atoms with Crippen molar-refractivity contribution in [3.05, 3.63) is 30.6 Å². The van der Waals surface area contributed by atoms with Crippen molar-refractivity contribution in [3.8, 4) is 0 Å². The van der Waals surface area contributed by atoms with Gasteiger partial charge in [0.15, 0.2) is 17.0 Å². The van der Waals surface area contributed by atoms with Crippen molar-refractivity contribution in [2.45, 2.75) is 25.4 Å². The van der Waals surface area contributed by atoms with Gasteiger partial charge in [0.2, 0.25) is 5.91 Å². The van der Waals surface area contributed by atoms with E-state index in [0.717, 1.165) is 29.2 Å². The lowest BCUT2D eigenvalue weighted by molar-refractivity contribution is -0.125. The molecular formula is C18H24N8O2. The summed E-state index contributed by atoms with van der Waals surface area (Å²) in [5, 5.41) is 7.39. The first kappa shape index (κ1) is 18.4. The molecule has 1 aliphatic heterocycles. The van der Waals surface area contributed by atoms with Gasteiger partial charge in [-0.25, -0.2) is 15.0 Å². The number of imidazole rings is 1. The summed E-state index contributed by atoms with van der Waals surface area (Å²) < 4.78 is 8.82. The highest BCUT2D eigenvalue weighted by atomic mass is 16.5. The molecule has 1 saturated heterocycles. The second-order valence-corrected chi connectivity index (χ2v) is 6.90. The van der Waals surface area contributed by atoms with Crippen molar-refractivity contribution < 1.29 is 9.53 Å². The summed E-state index contributed by atoms with van der Waals surface area (Å²) in [6.07, 6.45) is 5.13. The summed E-state index contributed by atoms with van der Waals surface area (Å²) in [5.41, 5.74) is 2.66. The van der Waals surface area contributed by atoms with Crippen LogP contribution in [-0.2, 0) is 23.1 Å². The average Bonchev–Trinajstić information content (AvgIpc) is 3.39. The third kappa shape index (κ3) is 3.19. The number of aryl methyl sites for hydroxylation is 2. The number of ether oxygens (including phenoxy) is 1. The fourth-order valence-corrected chi connectivity index (χ4v) is 3.88. The van der Waals surface area contributed by atoms with Crippen LogP contribution >= 0.6 is 0 Å². The fraction of sp³-hybridized carbons (Fsp3) is 0.500. The number of nitrogens with zero attached hydrogens (tertiary/aromatic N) is 7. The summed E-state index contributed by atoms with van der Waals surface area (Å²) in [4.78, 5) is 27.7. The molecule has 0 saturated carbocycles. The molecule has 0 radical (unpaired) electrons. The summed E-state index contributed by atoms with van der Waals surface area (Å²) in [7, 11) is 3.43. The summed E-state index contributed by atoms with van der Waals surface area (Å²) in [5.74, 6) is 0.726. The number of anilines is 1. The Morgan fingerprint density at radius 1 is 1.32 bits per heavy atom. The molecule has 0 aliphatic carbocycles. The van der Waals surface area contributed by atoms with Gasteiger partial charge in [0.05, 0.1) is 12.4 Å². The Labute approximate surface area is 162 Å². The van der Waals surface area contributed by atoms with Gasteiger partial charge in [-0.15, -0.1) is 0 Å². The Kier molecular flexibility index (Phi) is 4.95. The van der Waals surface area contributed by atoms with Gasteiger partial charge in [0.1, 0.15) is 12.9 Å². The Morgan fingerprint density at radius 3 is 2.89 bits per heavy atom. The topological polar surface area (TPSA) is 103 Å². The zero-order chi connectivity index (χ0) is 19.7. The van der Waals surface area contributed by atoms with Crippen LogP contribution in [0.1, 0.15) is 18.5 Å². The third-order valence-electron chi connectivity index (χ3n) is 5.20. The van der Waals surface area contributed by atoms with Crippen LogP contribution in [0.4, 0.5) is 5.82 Å². The molecule has 2 atom stereocenters. The lowest BCUT2D eigenvalue weighted by Gasteiger charge is -2.19. The maximum atomic E-state index is 12.2. The zero-order valence-corrected chi connectivity index (χ0v) is 16.2. The minimum atomic E-state index is -0.135. The molecule has 148 valence electrons. The van der Waals surface area contributed by atoms with Crippen LogP contribution < -0.4 is 10.2 Å². The monoisotopic (exact) mass is 384 g/mol. The molecule has 10 nitrogen and oxygen atoms in total. The smallest absolute Gasteiger partial charge is 0.246 e. The van der Waals surface area contributed by atoms with Gasteiger partial charge in [-0.2, -0.15) is 5.10 Å². The van der Waals surface area contributed by atoms with Crippen LogP contribution in [0.2, 0.25) is 0 Å². The molecule has 1 aliphatic rings. The number of rotatable bonds is 6. The number of aromatic nitrogens is 6. The number of amides is 1. The van der Waals surface area contributed by atoms with Gasteiger partial charge in [0, 0.05) is 51.6 Å². The number of fused-ring (bicyclic) bond motifs is 1. The van der Waals surface area contributed by atoms with Crippen LogP contribution in [0, 0.1) is 0 Å². The lowest BCUT2D eigenvalue weighted by Crippen LogP contribution is -2.41. The molecule has 10 heteroatoms. The van der Waals surface area contributed by atoms with E-state index in [1.54, 1.807) is 18.9 Å². The van der Waals surface area contributed by atoms with E-state index in [9.17, 15) is 4.79 Å². The molecule has 4 heterocycles. The first-order valence-corrected chi connectivity index (χ1v) is 9.29. The van der Waals surface area contributed by atoms with E-state index in [-0.39, 0.29) is 24.5 Å². The number of nitrogens with one attached hydrogen (secondary N) is 1. The zero-order valence-electron chi connectivity index (χ0n) is 16.2. The second-order valence-electron chi connectivity index (χ2n) is 6.90. The molecule has 1 fully saturated rings. The van der Waals surface area contributed by atoms with Crippen molar-refractivity contribution in [2.75, 3.05) is 31.7 Å². The van der Waals surface area contributed by atoms with Crippen LogP contribution in [0.3, 0.4) is 0 Å². The third-order valence-corrected chi connectivity index (χ3v) is 5.20. The van der Waals surface area contributed by atoms with Crippen molar-refractivity contribution in [2.24, 2.45) is 7.05 Å². The molecule has 3 aromatic heterocycles. The van der Waals surface area contributed by atoms with Crippen LogP contribution in [0.5, 0.6) is 0 Å². The van der Waals surface area contributed by atoms with Gasteiger partial charge < -0.3 is 19.5 Å². The molecule has 1 N–H and O–H groups in total. The Hall–Kier alpha value is -3.01. The lowest BCUT2D eigenvalue weighted by atomic mass is 9.99. The van der Waals surface area contributed by atoms with Gasteiger partial charge in [-0.1, -0.05) is 0 Å². The highest BCUT2D eigenvalue weighted by Gasteiger charge is 2.38. The SMILES string of the molecule is CCn1cnc2c(N3C[C@@H](NC(=O)COC)[C@H](c4ccnn4C)C3)ncnc21. The van der Waals surface area contributed by atoms with E-state index in [4.69, 9.17) is 4.74 Å². The minimum Gasteiger partial charge on any atom is -0.375 e. The van der Waals surface area contributed by atoms with Crippen molar-refractivity contribution in [1.29, 1.82) is 0 Å². The molecule has 0 spiro atoms. The molecular weight excluding hydrogens is 360 g/mol. The molecule has 3 aromatic rings. The number of carbonyl (C=O) groups is 1. The molecule has 0 unspecified atom stereocenters. The van der Waals surface area contributed by atoms with E-state index >= 15 is 0 Å². The van der Waals surface area contributed by atoms with Crippen molar-refractivity contribution in [1.82, 2.24) is 34.6 Å². The standard InChI is InChI=1S/C18H24N8O2/c1-4-25-11-21-16-17(25)19-10-20-18(16)26-7-12(14-5-6-22-24(14)2)13(8-26)23-15(27)9-28-3/h5-6,10-13H,4,7-9H2,1-3H3,(H,23,27)/t12-,13-/m1/s1. The molecule has 1 amide bonds. The summed E-state index contributed by atoms with van der Waals surface area (Å²) >= 11 is 0. The number of hydrogen-bond acceptors (Lipinski definition) is 7. The van der Waals surface area contributed by atoms with Gasteiger partial charge >= 0.3 is 0 Å². The second kappa shape index (κ2) is 7.55. The van der Waals surface area contributed by atoms with Crippen LogP contribution in [0.25, 0.3) is 11.2 Å². The average molecular weight is 384 g/mol. The van der Waals surface area contributed by atoms with Crippen molar-refractivity contribution >= 4 is 22.9 Å². The Bertz CT molecular complexity index is 981. The number of carbonyl (C=O) groups excluding carboxylic acids is 1. The predicted molar refractivity (Wildman–Crippen MR) is 103 cm³/mol. The van der Waals surface area contributed by atoms with Gasteiger partial charge in [0.25, 0.3) is 0 Å². The van der Waals surface area contributed by atoms with Crippen LogP contribution in [-0.4, -0.2) is 68.1 Å². The highest BCUT2D eigenvalue weighted by Crippen LogP contribution is 2.32. The first-order valence-electron chi connectivity index (χ1n) is 9.29. The van der Waals surface area contributed by atoms with E-state index in [1.807, 2.05) is 22.4 Å². The largest absolute Gasteiger partial charge is 0.375 e. The molecule has 4 rings (SSSR count). The van der Waals surface area contributed by atoms with Crippen LogP contribution in [0.15, 0.2) is 24.9 Å². The molecule has 0 aromatic carbocycles. The Morgan fingerprint density at radius 2 is 2.18 bits per heavy atom. The van der Waals surface area contributed by atoms with E-state index in [2.05, 4.69) is 37.2 Å². The summed E-state index contributed by atoms with van der Waals surface area (Å²) in [6.45, 7) is 4.20. The van der Waals surface area contributed by atoms with E-state index in [1.165, 1.54) is 7.11 Å². The highest BCUT2D eigenvalue weighted by molar-refractivity contribution is 5.84. The number of hydrogen-bond donors (Lipinski definition) is 1. The van der Waals surface area contributed by atoms with Gasteiger partial charge in [-0.3, -0.25) is 9.48 Å².